The number of phosphoric ester groups is 1. The monoisotopic (exact) mass is 634 g/mol. The molecule has 0 aliphatic carbocycles. The van der Waals surface area contributed by atoms with Gasteiger partial charge < -0.3 is 20.1 Å². The van der Waals surface area contributed by atoms with Gasteiger partial charge in [-0.2, -0.15) is 4.98 Å². The first kappa shape index (κ1) is 33.8. The molecule has 2 aromatic rings. The molecule has 0 radical (unpaired) electrons. The third-order valence-electron chi connectivity index (χ3n) is 5.81. The molecule has 0 aromatic carbocycles. The van der Waals surface area contributed by atoms with Crippen molar-refractivity contribution in [2.75, 3.05) is 37.1 Å². The van der Waals surface area contributed by atoms with E-state index in [0.29, 0.717) is 0 Å². The minimum atomic E-state index is -4.12. The highest BCUT2D eigenvalue weighted by atomic mass is 32.2. The van der Waals surface area contributed by atoms with Crippen LogP contribution in [0, 0.1) is 10.8 Å². The Morgan fingerprint density at radius 3 is 2.22 bits per heavy atom. The zero-order valence-corrected chi connectivity index (χ0v) is 26.6. The fourth-order valence-corrected chi connectivity index (χ4v) is 6.66. The van der Waals surface area contributed by atoms with E-state index in [1.165, 1.54) is 4.57 Å². The van der Waals surface area contributed by atoms with Crippen LogP contribution in [0.25, 0.3) is 11.0 Å². The highest BCUT2D eigenvalue weighted by Crippen LogP contribution is 2.50. The molecule has 13 nitrogen and oxygen atoms in total. The molecule has 16 heteroatoms. The van der Waals surface area contributed by atoms with Gasteiger partial charge in [-0.1, -0.05) is 65.1 Å². The smallest absolute Gasteiger partial charge is 0.388 e. The van der Waals surface area contributed by atoms with Crippen molar-refractivity contribution in [2.45, 2.75) is 66.4 Å². The van der Waals surface area contributed by atoms with Crippen LogP contribution in [0.4, 0.5) is 5.95 Å². The lowest BCUT2D eigenvalue weighted by molar-refractivity contribution is -0.118. The van der Waals surface area contributed by atoms with Gasteiger partial charge in [0.05, 0.1) is 31.3 Å². The molecule has 3 heterocycles. The van der Waals surface area contributed by atoms with Gasteiger partial charge in [-0.3, -0.25) is 32.9 Å². The van der Waals surface area contributed by atoms with Crippen molar-refractivity contribution in [1.82, 2.24) is 14.5 Å². The third kappa shape index (κ3) is 9.39. The summed E-state index contributed by atoms with van der Waals surface area (Å²) in [5, 5.41) is 10.9. The third-order valence-corrected chi connectivity index (χ3v) is 9.77. The van der Waals surface area contributed by atoms with Gasteiger partial charge in [0.2, 0.25) is 5.95 Å². The fraction of sp³-hybridized carbons (Fsp3) is 0.680. The molecule has 4 N–H and O–H groups in total. The highest BCUT2D eigenvalue weighted by Gasteiger charge is 2.38. The molecule has 0 amide bonds. The second kappa shape index (κ2) is 13.7. The maximum absolute atomic E-state index is 13.5. The number of rotatable bonds is 12. The van der Waals surface area contributed by atoms with E-state index in [9.17, 15) is 24.1 Å². The summed E-state index contributed by atoms with van der Waals surface area (Å²) in [5.74, 6) is 0.399. The number of nitrogens with two attached hydrogens (primary N) is 1. The number of thioether (sulfide) groups is 2. The predicted octanol–water partition coefficient (Wildman–Crippen LogP) is 3.72. The van der Waals surface area contributed by atoms with Crippen LogP contribution in [0.5, 0.6) is 0 Å². The van der Waals surface area contributed by atoms with Crippen LogP contribution in [0.1, 0.15) is 54.2 Å². The van der Waals surface area contributed by atoms with Crippen molar-refractivity contribution >= 4 is 58.6 Å². The second-order valence-electron chi connectivity index (χ2n) is 11.5. The molecule has 3 rings (SSSR count). The van der Waals surface area contributed by atoms with E-state index in [4.69, 9.17) is 24.0 Å². The number of aromatic nitrogens is 3. The molecule has 0 bridgehead atoms. The average molecular weight is 635 g/mol. The molecular weight excluding hydrogens is 595 g/mol. The number of nitrogens with zero attached hydrogens (tertiary/aromatic N) is 2. The summed E-state index contributed by atoms with van der Waals surface area (Å²) in [6.45, 7) is 10.4. The molecule has 1 fully saturated rings. The number of nitrogen functional groups attached to an aromatic ring is 1. The molecule has 0 spiro atoms. The van der Waals surface area contributed by atoms with E-state index in [-0.39, 0.29) is 65.0 Å². The van der Waals surface area contributed by atoms with E-state index < -0.39 is 42.6 Å². The Balaban J connectivity index is 1.62. The van der Waals surface area contributed by atoms with Crippen LogP contribution >= 0.6 is 31.3 Å². The molecule has 41 heavy (non-hydrogen) atoms. The topological polar surface area (TPSA) is 185 Å². The SMILES string of the molecule is CC(C)(C)C(=O)SCCOP(=O)(OCCSC(=O)C(C)(C)C)OC[C@@H]1C[C@@H](O)[C@H](n2ccc3c(=O)[nH]c(N)nc32)O1. The standard InChI is InChI=1S/C25H39N4O9PS2/c1-24(2,3)21(32)40-11-9-35-39(34,36-10-12-41-22(33)25(4,5)6)37-14-15-13-17(30)20(38-15)29-8-7-16-18(29)27-23(26)28-19(16)31/h7-8,15,17,20,30H,9-14H2,1-6H3,(H3,26,27,28,31)/t15-,17+,20+/m0/s1. The Kier molecular flexibility index (Phi) is 11.3. The molecule has 1 saturated heterocycles. The van der Waals surface area contributed by atoms with Crippen molar-refractivity contribution in [3.63, 3.8) is 0 Å². The van der Waals surface area contributed by atoms with E-state index in [1.807, 2.05) is 0 Å². The fourth-order valence-electron chi connectivity index (χ4n) is 3.64. The summed E-state index contributed by atoms with van der Waals surface area (Å²) >= 11 is 2.12. The maximum atomic E-state index is 13.5. The lowest BCUT2D eigenvalue weighted by Crippen LogP contribution is -2.20. The Morgan fingerprint density at radius 2 is 1.68 bits per heavy atom. The molecule has 0 unspecified atom stereocenters. The van der Waals surface area contributed by atoms with Gasteiger partial charge in [0.1, 0.15) is 6.10 Å². The van der Waals surface area contributed by atoms with Gasteiger partial charge >= 0.3 is 7.82 Å². The Bertz CT molecular complexity index is 1300. The average Bonchev–Trinajstić information content (AvgIpc) is 3.44. The first-order chi connectivity index (χ1) is 19.0. The lowest BCUT2D eigenvalue weighted by atomic mass is 9.99. The highest BCUT2D eigenvalue weighted by molar-refractivity contribution is 8.14. The first-order valence-corrected chi connectivity index (χ1v) is 16.5. The van der Waals surface area contributed by atoms with Gasteiger partial charge in [0.15, 0.2) is 22.1 Å². The Labute approximate surface area is 247 Å². The number of anilines is 1. The summed E-state index contributed by atoms with van der Waals surface area (Å²) < 4.78 is 37.5. The molecular formula is C25H39N4O9PS2. The number of hydrogen-bond donors (Lipinski definition) is 3. The largest absolute Gasteiger partial charge is 0.474 e. The predicted molar refractivity (Wildman–Crippen MR) is 159 cm³/mol. The number of phosphoric acid groups is 1. The van der Waals surface area contributed by atoms with Crippen LogP contribution in [0.2, 0.25) is 0 Å². The maximum Gasteiger partial charge on any atom is 0.474 e. The number of fused-ring (bicyclic) bond motifs is 1. The van der Waals surface area contributed by atoms with Crippen LogP contribution < -0.4 is 11.3 Å². The van der Waals surface area contributed by atoms with Crippen molar-refractivity contribution < 1.29 is 37.6 Å². The van der Waals surface area contributed by atoms with Crippen molar-refractivity contribution in [2.24, 2.45) is 10.8 Å². The van der Waals surface area contributed by atoms with Gasteiger partial charge in [0.25, 0.3) is 5.56 Å². The van der Waals surface area contributed by atoms with Gasteiger partial charge in [-0.15, -0.1) is 0 Å². The summed E-state index contributed by atoms with van der Waals surface area (Å²) in [4.78, 5) is 43.1. The first-order valence-electron chi connectivity index (χ1n) is 13.1. The molecule has 230 valence electrons. The van der Waals surface area contributed by atoms with Crippen molar-refractivity contribution in [1.29, 1.82) is 0 Å². The van der Waals surface area contributed by atoms with Gasteiger partial charge in [0, 0.05) is 35.0 Å². The quantitative estimate of drug-likeness (QED) is 0.227. The van der Waals surface area contributed by atoms with E-state index >= 15 is 0 Å². The minimum absolute atomic E-state index is 0.0370. The number of carbonyl (C=O) groups is 2. The van der Waals surface area contributed by atoms with Crippen LogP contribution in [0.15, 0.2) is 17.1 Å². The van der Waals surface area contributed by atoms with Crippen molar-refractivity contribution in [3.8, 4) is 0 Å². The van der Waals surface area contributed by atoms with E-state index in [2.05, 4.69) is 9.97 Å². The number of aliphatic hydroxyl groups excluding tert-OH is 1. The number of aromatic amines is 1. The van der Waals surface area contributed by atoms with Crippen molar-refractivity contribution in [3.05, 3.63) is 22.6 Å². The van der Waals surface area contributed by atoms with Crippen LogP contribution in [-0.2, 0) is 32.5 Å². The summed E-state index contributed by atoms with van der Waals surface area (Å²) in [7, 11) is -4.12. The van der Waals surface area contributed by atoms with Crippen LogP contribution in [-0.4, -0.2) is 73.4 Å². The Morgan fingerprint density at radius 1 is 1.12 bits per heavy atom. The number of nitrogens with one attached hydrogen (secondary N) is 1. The molecule has 3 atom stereocenters. The number of H-pyrrole nitrogens is 1. The number of carbonyl (C=O) groups excluding carboxylic acids is 2. The number of aliphatic hydroxyl groups is 1. The zero-order valence-electron chi connectivity index (χ0n) is 24.1. The van der Waals surface area contributed by atoms with Crippen LogP contribution in [0.3, 0.4) is 0 Å². The summed E-state index contributed by atoms with van der Waals surface area (Å²) in [6.07, 6.45) is -0.873. The number of ether oxygens (including phenoxy) is 1. The zero-order chi connectivity index (χ0) is 30.6. The van der Waals surface area contributed by atoms with E-state index in [0.717, 1.165) is 23.5 Å². The Hall–Kier alpha value is -1.71. The summed E-state index contributed by atoms with van der Waals surface area (Å²) in [6, 6.07) is 1.54. The lowest BCUT2D eigenvalue weighted by Gasteiger charge is -2.21. The second-order valence-corrected chi connectivity index (χ2v) is 15.3. The van der Waals surface area contributed by atoms with E-state index in [1.54, 1.807) is 53.8 Å². The van der Waals surface area contributed by atoms with Gasteiger partial charge in [-0.05, 0) is 6.07 Å². The normalized spacial score (nSPS) is 20.1. The molecule has 1 aliphatic rings. The van der Waals surface area contributed by atoms with Gasteiger partial charge in [-0.25, -0.2) is 4.57 Å². The molecule has 1 aliphatic heterocycles. The molecule has 0 saturated carbocycles. The molecule has 2 aromatic heterocycles. The minimum Gasteiger partial charge on any atom is -0.388 e. The summed E-state index contributed by atoms with van der Waals surface area (Å²) in [5.41, 5.74) is 4.45. The number of hydrogen-bond acceptors (Lipinski definition) is 13.